The Kier molecular flexibility index (Phi) is 5.83. The van der Waals surface area contributed by atoms with Gasteiger partial charge < -0.3 is 19.3 Å². The fourth-order valence-corrected chi connectivity index (χ4v) is 3.78. The van der Waals surface area contributed by atoms with Crippen molar-refractivity contribution < 1.29 is 24.0 Å². The summed E-state index contributed by atoms with van der Waals surface area (Å²) in [5, 5.41) is 20.9. The van der Waals surface area contributed by atoms with Gasteiger partial charge in [-0.05, 0) is 30.3 Å². The summed E-state index contributed by atoms with van der Waals surface area (Å²) < 4.78 is 5.67. The van der Waals surface area contributed by atoms with Crippen molar-refractivity contribution in [2.75, 3.05) is 26.2 Å². The van der Waals surface area contributed by atoms with Crippen LogP contribution in [0.2, 0.25) is 5.02 Å². The summed E-state index contributed by atoms with van der Waals surface area (Å²) in [5.41, 5.74) is 0.523. The number of para-hydroxylation sites is 1. The largest absolute Gasteiger partial charge is 0.507 e. The van der Waals surface area contributed by atoms with Gasteiger partial charge in [0.2, 0.25) is 0 Å². The van der Waals surface area contributed by atoms with E-state index in [4.69, 9.17) is 16.0 Å². The monoisotopic (exact) mass is 455 g/mol. The highest BCUT2D eigenvalue weighted by molar-refractivity contribution is 6.33. The summed E-state index contributed by atoms with van der Waals surface area (Å²) >= 11 is 6.14. The van der Waals surface area contributed by atoms with E-state index in [1.807, 2.05) is 0 Å². The van der Waals surface area contributed by atoms with Crippen molar-refractivity contribution in [2.45, 2.75) is 0 Å². The molecule has 9 nitrogen and oxygen atoms in total. The number of rotatable bonds is 4. The topological polar surface area (TPSA) is 117 Å². The molecule has 1 N–H and O–H groups in total. The molecule has 0 spiro atoms. The van der Waals surface area contributed by atoms with Crippen molar-refractivity contribution in [1.82, 2.24) is 9.80 Å². The van der Waals surface area contributed by atoms with E-state index in [1.54, 1.807) is 34.1 Å². The minimum Gasteiger partial charge on any atom is -0.507 e. The first-order chi connectivity index (χ1) is 15.3. The lowest BCUT2D eigenvalue weighted by Crippen LogP contribution is -2.50. The Morgan fingerprint density at radius 2 is 1.62 bits per heavy atom. The van der Waals surface area contributed by atoms with Crippen LogP contribution in [0.15, 0.2) is 59.0 Å². The molecule has 1 saturated heterocycles. The number of hydrogen-bond acceptors (Lipinski definition) is 6. The molecule has 10 heteroatoms. The van der Waals surface area contributed by atoms with Crippen molar-refractivity contribution in [3.05, 3.63) is 81.1 Å². The highest BCUT2D eigenvalue weighted by Gasteiger charge is 2.28. The van der Waals surface area contributed by atoms with Crippen LogP contribution in [0.5, 0.6) is 5.75 Å². The average molecular weight is 456 g/mol. The summed E-state index contributed by atoms with van der Waals surface area (Å²) in [6.45, 7) is 1.26. The number of phenols is 1. The predicted molar refractivity (Wildman–Crippen MR) is 116 cm³/mol. The molecule has 164 valence electrons. The van der Waals surface area contributed by atoms with Crippen molar-refractivity contribution in [2.24, 2.45) is 0 Å². The second-order valence-electron chi connectivity index (χ2n) is 7.19. The summed E-state index contributed by atoms with van der Waals surface area (Å²) in [7, 11) is 0. The fourth-order valence-electron chi connectivity index (χ4n) is 3.51. The van der Waals surface area contributed by atoms with Gasteiger partial charge in [-0.3, -0.25) is 19.7 Å². The number of nitro groups is 1. The molecule has 2 amide bonds. The van der Waals surface area contributed by atoms with Gasteiger partial charge in [0.05, 0.1) is 15.5 Å². The molecule has 1 fully saturated rings. The van der Waals surface area contributed by atoms with Gasteiger partial charge in [0.25, 0.3) is 17.5 Å². The van der Waals surface area contributed by atoms with Crippen LogP contribution in [0.4, 0.5) is 5.69 Å². The zero-order valence-electron chi connectivity index (χ0n) is 16.7. The number of benzene rings is 2. The minimum atomic E-state index is -0.545. The molecule has 1 aliphatic rings. The Bertz CT molecular complexity index is 1200. The Morgan fingerprint density at radius 3 is 2.25 bits per heavy atom. The third-order valence-corrected chi connectivity index (χ3v) is 5.55. The van der Waals surface area contributed by atoms with Crippen LogP contribution in [0.25, 0.3) is 11.3 Å². The van der Waals surface area contributed by atoms with Gasteiger partial charge in [-0.25, -0.2) is 0 Å². The van der Waals surface area contributed by atoms with Crippen LogP contribution >= 0.6 is 11.6 Å². The first-order valence-corrected chi connectivity index (χ1v) is 10.1. The van der Waals surface area contributed by atoms with Gasteiger partial charge in [0.15, 0.2) is 5.76 Å². The highest BCUT2D eigenvalue weighted by Crippen LogP contribution is 2.32. The molecule has 1 aliphatic heterocycles. The molecule has 0 atom stereocenters. The lowest BCUT2D eigenvalue weighted by molar-refractivity contribution is -0.384. The number of carbonyl (C=O) groups excluding carboxylic acids is 2. The quantitative estimate of drug-likeness (QED) is 0.472. The molecule has 32 heavy (non-hydrogen) atoms. The SMILES string of the molecule is O=C(c1ccc(-c2ccc([N+](=O)[O-])cc2Cl)o1)N1CCN(C(=O)c2ccccc2O)CC1. The molecule has 0 radical (unpaired) electrons. The maximum atomic E-state index is 12.8. The van der Waals surface area contributed by atoms with Gasteiger partial charge in [-0.1, -0.05) is 23.7 Å². The zero-order valence-corrected chi connectivity index (χ0v) is 17.5. The van der Waals surface area contributed by atoms with Crippen LogP contribution < -0.4 is 0 Å². The first kappa shape index (κ1) is 21.4. The second kappa shape index (κ2) is 8.72. The lowest BCUT2D eigenvalue weighted by Gasteiger charge is -2.34. The number of carbonyl (C=O) groups is 2. The van der Waals surface area contributed by atoms with Crippen molar-refractivity contribution >= 4 is 29.1 Å². The van der Waals surface area contributed by atoms with Crippen molar-refractivity contribution in [1.29, 1.82) is 0 Å². The molecule has 0 aliphatic carbocycles. The van der Waals surface area contributed by atoms with Gasteiger partial charge in [0.1, 0.15) is 11.5 Å². The van der Waals surface area contributed by atoms with Gasteiger partial charge in [-0.2, -0.15) is 0 Å². The minimum absolute atomic E-state index is 0.0796. The van der Waals surface area contributed by atoms with Crippen LogP contribution in [-0.2, 0) is 0 Å². The van der Waals surface area contributed by atoms with Gasteiger partial charge in [-0.15, -0.1) is 0 Å². The number of aromatic hydroxyl groups is 1. The zero-order chi connectivity index (χ0) is 22.8. The van der Waals surface area contributed by atoms with E-state index in [0.717, 1.165) is 0 Å². The Morgan fingerprint density at radius 1 is 0.969 bits per heavy atom. The summed E-state index contributed by atoms with van der Waals surface area (Å²) in [6.07, 6.45) is 0. The maximum absolute atomic E-state index is 12.8. The first-order valence-electron chi connectivity index (χ1n) is 9.76. The van der Waals surface area contributed by atoms with E-state index in [-0.39, 0.29) is 39.6 Å². The maximum Gasteiger partial charge on any atom is 0.289 e. The molecule has 2 heterocycles. The van der Waals surface area contributed by atoms with Gasteiger partial charge >= 0.3 is 0 Å². The number of furan rings is 1. The Hall–Kier alpha value is -3.85. The van der Waals surface area contributed by atoms with Crippen molar-refractivity contribution in [3.63, 3.8) is 0 Å². The van der Waals surface area contributed by atoms with E-state index in [2.05, 4.69) is 0 Å². The number of non-ortho nitro benzene ring substituents is 1. The molecule has 0 bridgehead atoms. The summed E-state index contributed by atoms with van der Waals surface area (Å²) in [5.74, 6) is -0.271. The third-order valence-electron chi connectivity index (χ3n) is 5.23. The van der Waals surface area contributed by atoms with E-state index < -0.39 is 4.92 Å². The molecular formula is C22H18ClN3O6. The van der Waals surface area contributed by atoms with E-state index in [0.29, 0.717) is 37.5 Å². The predicted octanol–water partition coefficient (Wildman–Crippen LogP) is 3.81. The average Bonchev–Trinajstić information content (AvgIpc) is 3.28. The number of piperazine rings is 1. The molecule has 2 aromatic carbocycles. The molecule has 0 unspecified atom stereocenters. The van der Waals surface area contributed by atoms with E-state index >= 15 is 0 Å². The van der Waals surface area contributed by atoms with E-state index in [1.165, 1.54) is 30.3 Å². The summed E-state index contributed by atoms with van der Waals surface area (Å²) in [6, 6.07) is 13.4. The smallest absolute Gasteiger partial charge is 0.289 e. The third kappa shape index (κ3) is 4.15. The van der Waals surface area contributed by atoms with E-state index in [9.17, 15) is 24.8 Å². The standard InChI is InChI=1S/C22H18ClN3O6/c23-17-13-14(26(30)31)5-6-15(17)19-7-8-20(32-19)22(29)25-11-9-24(10-12-25)21(28)16-3-1-2-4-18(16)27/h1-8,13,27H,9-12H2. The normalized spacial score (nSPS) is 13.8. The number of phenolic OH excluding ortho intramolecular Hbond substituents is 1. The number of nitro benzene ring substituents is 1. The van der Waals surface area contributed by atoms with Crippen LogP contribution in [0.1, 0.15) is 20.9 Å². The van der Waals surface area contributed by atoms with Crippen LogP contribution in [0, 0.1) is 10.1 Å². The highest BCUT2D eigenvalue weighted by atomic mass is 35.5. The molecule has 0 saturated carbocycles. The fraction of sp³-hybridized carbons (Fsp3) is 0.182. The molecule has 3 aromatic rings. The Labute approximate surface area is 187 Å². The van der Waals surface area contributed by atoms with Gasteiger partial charge in [0, 0.05) is 43.9 Å². The lowest BCUT2D eigenvalue weighted by atomic mass is 10.1. The molecule has 4 rings (SSSR count). The number of halogens is 1. The summed E-state index contributed by atoms with van der Waals surface area (Å²) in [4.78, 5) is 38.9. The number of hydrogen-bond donors (Lipinski definition) is 1. The molecule has 1 aromatic heterocycles. The molecular weight excluding hydrogens is 438 g/mol. The van der Waals surface area contributed by atoms with Crippen LogP contribution in [-0.4, -0.2) is 57.8 Å². The van der Waals surface area contributed by atoms with Crippen LogP contribution in [0.3, 0.4) is 0 Å². The second-order valence-corrected chi connectivity index (χ2v) is 7.59. The number of nitrogens with zero attached hydrogens (tertiary/aromatic N) is 3. The Balaban J connectivity index is 1.42. The number of amides is 2. The van der Waals surface area contributed by atoms with Crippen molar-refractivity contribution in [3.8, 4) is 17.1 Å².